The minimum absolute atomic E-state index is 0.0270. The van der Waals surface area contributed by atoms with Crippen LogP contribution in [0, 0.1) is 0 Å². The number of carbonyl (C=O) groups excluding carboxylic acids is 1. The number of aryl methyl sites for hydroxylation is 1. The maximum atomic E-state index is 11.9. The largest absolute Gasteiger partial charge is 0.444 e. The highest BCUT2D eigenvalue weighted by Crippen LogP contribution is 2.30. The van der Waals surface area contributed by atoms with Crippen LogP contribution in [0.3, 0.4) is 0 Å². The maximum Gasteiger partial charge on any atom is 0.407 e. The summed E-state index contributed by atoms with van der Waals surface area (Å²) in [5.41, 5.74) is 3.69. The summed E-state index contributed by atoms with van der Waals surface area (Å²) < 4.78 is 15.2. The minimum atomic E-state index is -0.504. The summed E-state index contributed by atoms with van der Waals surface area (Å²) in [5, 5.41) is 13.3. The lowest BCUT2D eigenvalue weighted by atomic mass is 10.1. The molecule has 1 unspecified atom stereocenters. The number of ether oxygens (including phenoxy) is 2. The average molecular weight is 469 g/mol. The van der Waals surface area contributed by atoms with Gasteiger partial charge in [0.25, 0.3) is 0 Å². The lowest BCUT2D eigenvalue weighted by Gasteiger charge is -2.22. The summed E-state index contributed by atoms with van der Waals surface area (Å²) in [7, 11) is 3.99. The molecule has 34 heavy (non-hydrogen) atoms. The molecule has 2 aromatic heterocycles. The van der Waals surface area contributed by atoms with E-state index in [1.807, 2.05) is 50.4 Å². The van der Waals surface area contributed by atoms with Crippen LogP contribution < -0.4 is 5.32 Å². The van der Waals surface area contributed by atoms with E-state index in [2.05, 4.69) is 39.7 Å². The zero-order valence-electron chi connectivity index (χ0n) is 20.9. The molecule has 4 rings (SSSR count). The molecule has 1 amide bonds. The number of nitrogens with zero attached hydrogens (tertiary/aromatic N) is 5. The number of aromatic nitrogens is 4. The molecule has 184 valence electrons. The van der Waals surface area contributed by atoms with Crippen LogP contribution in [-0.4, -0.2) is 62.9 Å². The summed E-state index contributed by atoms with van der Waals surface area (Å²) in [6.45, 7) is 8.23. The number of likely N-dealkylation sites (N-methyl/N-ethyl adjacent to an activating group) is 1. The van der Waals surface area contributed by atoms with Crippen LogP contribution in [0.15, 0.2) is 30.6 Å². The van der Waals surface area contributed by atoms with Crippen molar-refractivity contribution in [3.8, 4) is 11.3 Å². The van der Waals surface area contributed by atoms with Crippen molar-refractivity contribution in [1.82, 2.24) is 29.8 Å². The number of benzene rings is 1. The molecular weight excluding hydrogens is 432 g/mol. The topological polar surface area (TPSA) is 86.4 Å². The van der Waals surface area contributed by atoms with Gasteiger partial charge in [-0.3, -0.25) is 4.68 Å². The molecule has 0 aliphatic carbocycles. The summed E-state index contributed by atoms with van der Waals surface area (Å²) in [6, 6.07) is 6.34. The third kappa shape index (κ3) is 5.95. The Hall–Kier alpha value is -2.91. The first kappa shape index (κ1) is 24.2. The van der Waals surface area contributed by atoms with Crippen molar-refractivity contribution in [3.63, 3.8) is 0 Å². The summed E-state index contributed by atoms with van der Waals surface area (Å²) in [4.78, 5) is 14.1. The SMILES string of the molecule is CN(CCNC(=O)OC(C)(C)C)Cc1cn(C2CCCCO2)nc1-c1ccc2cnn(C)c2c1. The van der Waals surface area contributed by atoms with Gasteiger partial charge in [0.2, 0.25) is 0 Å². The highest BCUT2D eigenvalue weighted by molar-refractivity contribution is 5.84. The monoisotopic (exact) mass is 468 g/mol. The van der Waals surface area contributed by atoms with Crippen LogP contribution in [0.25, 0.3) is 22.2 Å². The zero-order valence-corrected chi connectivity index (χ0v) is 20.9. The number of alkyl carbamates (subject to hydrolysis) is 1. The first-order valence-electron chi connectivity index (χ1n) is 12.0. The van der Waals surface area contributed by atoms with Gasteiger partial charge in [-0.1, -0.05) is 12.1 Å². The first-order valence-corrected chi connectivity index (χ1v) is 12.0. The van der Waals surface area contributed by atoms with Crippen LogP contribution in [0.4, 0.5) is 4.79 Å². The molecule has 9 heteroatoms. The summed E-state index contributed by atoms with van der Waals surface area (Å²) in [6.07, 6.45) is 6.77. The Labute approximate surface area is 201 Å². The van der Waals surface area contributed by atoms with Gasteiger partial charge in [0.1, 0.15) is 11.8 Å². The van der Waals surface area contributed by atoms with Crippen LogP contribution >= 0.6 is 0 Å². The van der Waals surface area contributed by atoms with E-state index in [1.54, 1.807) is 0 Å². The van der Waals surface area contributed by atoms with Crippen LogP contribution in [0.5, 0.6) is 0 Å². The Balaban J connectivity index is 1.51. The maximum absolute atomic E-state index is 11.9. The molecule has 3 heterocycles. The first-order chi connectivity index (χ1) is 16.2. The lowest BCUT2D eigenvalue weighted by Crippen LogP contribution is -2.36. The normalized spacial score (nSPS) is 16.8. The molecule has 0 radical (unpaired) electrons. The molecule has 1 aliphatic rings. The van der Waals surface area contributed by atoms with Gasteiger partial charge in [-0.25, -0.2) is 9.48 Å². The van der Waals surface area contributed by atoms with Crippen molar-refractivity contribution in [1.29, 1.82) is 0 Å². The zero-order chi connectivity index (χ0) is 24.3. The van der Waals surface area contributed by atoms with Gasteiger partial charge < -0.3 is 19.7 Å². The molecule has 0 bridgehead atoms. The van der Waals surface area contributed by atoms with E-state index >= 15 is 0 Å². The number of rotatable bonds is 7. The predicted octanol–water partition coefficient (Wildman–Crippen LogP) is 4.09. The number of carbonyl (C=O) groups is 1. The Morgan fingerprint density at radius 2 is 2.15 bits per heavy atom. The molecule has 1 aromatic carbocycles. The second-order valence-electron chi connectivity index (χ2n) is 10.0. The van der Waals surface area contributed by atoms with E-state index in [0.717, 1.165) is 53.6 Å². The van der Waals surface area contributed by atoms with Crippen molar-refractivity contribution in [2.75, 3.05) is 26.7 Å². The Kier molecular flexibility index (Phi) is 7.23. The molecular formula is C25H36N6O3. The molecule has 9 nitrogen and oxygen atoms in total. The van der Waals surface area contributed by atoms with E-state index < -0.39 is 11.7 Å². The smallest absolute Gasteiger partial charge is 0.407 e. The number of hydrogen-bond donors (Lipinski definition) is 1. The standard InChI is InChI=1S/C25H36N6O3/c1-25(2,3)34-24(32)26-11-12-29(4)16-20-17-31(22-8-6-7-13-33-22)28-23(20)18-9-10-19-15-27-30(5)21(19)14-18/h9-10,14-15,17,22H,6-8,11-13,16H2,1-5H3,(H,26,32). The summed E-state index contributed by atoms with van der Waals surface area (Å²) >= 11 is 0. The minimum Gasteiger partial charge on any atom is -0.444 e. The molecule has 0 saturated carbocycles. The van der Waals surface area contributed by atoms with E-state index in [0.29, 0.717) is 19.6 Å². The van der Waals surface area contributed by atoms with Crippen molar-refractivity contribution in [2.24, 2.45) is 7.05 Å². The highest BCUT2D eigenvalue weighted by atomic mass is 16.6. The van der Waals surface area contributed by atoms with Gasteiger partial charge >= 0.3 is 6.09 Å². The second-order valence-corrected chi connectivity index (χ2v) is 10.0. The van der Waals surface area contributed by atoms with E-state index in [1.165, 1.54) is 0 Å². The van der Waals surface area contributed by atoms with E-state index in [9.17, 15) is 4.79 Å². The Morgan fingerprint density at radius 1 is 1.32 bits per heavy atom. The lowest BCUT2D eigenvalue weighted by molar-refractivity contribution is -0.0394. The van der Waals surface area contributed by atoms with Crippen molar-refractivity contribution >= 4 is 17.0 Å². The fourth-order valence-corrected chi connectivity index (χ4v) is 4.19. The fourth-order valence-electron chi connectivity index (χ4n) is 4.19. The van der Waals surface area contributed by atoms with E-state index in [-0.39, 0.29) is 6.23 Å². The molecule has 1 atom stereocenters. The number of nitrogens with one attached hydrogen (secondary N) is 1. The molecule has 3 aromatic rings. The number of amides is 1. The third-order valence-corrected chi connectivity index (χ3v) is 5.88. The van der Waals surface area contributed by atoms with Gasteiger partial charge in [0.15, 0.2) is 0 Å². The second kappa shape index (κ2) is 10.1. The van der Waals surface area contributed by atoms with Crippen molar-refractivity contribution in [2.45, 2.75) is 58.4 Å². The molecule has 1 aliphatic heterocycles. The van der Waals surface area contributed by atoms with Gasteiger partial charge in [0.05, 0.1) is 17.4 Å². The van der Waals surface area contributed by atoms with Crippen molar-refractivity contribution in [3.05, 3.63) is 36.2 Å². The molecule has 0 spiro atoms. The van der Waals surface area contributed by atoms with Gasteiger partial charge in [-0.2, -0.15) is 10.2 Å². The van der Waals surface area contributed by atoms with Gasteiger partial charge in [-0.05, 0) is 53.1 Å². The highest BCUT2D eigenvalue weighted by Gasteiger charge is 2.21. The average Bonchev–Trinajstić information content (AvgIpc) is 3.36. The van der Waals surface area contributed by atoms with Gasteiger partial charge in [-0.15, -0.1) is 0 Å². The van der Waals surface area contributed by atoms with Crippen molar-refractivity contribution < 1.29 is 14.3 Å². The predicted molar refractivity (Wildman–Crippen MR) is 131 cm³/mol. The fraction of sp³-hybridized carbons (Fsp3) is 0.560. The summed E-state index contributed by atoms with van der Waals surface area (Å²) in [5.74, 6) is 0. The molecule has 1 fully saturated rings. The van der Waals surface area contributed by atoms with Crippen LogP contribution in [0.1, 0.15) is 51.8 Å². The van der Waals surface area contributed by atoms with Crippen LogP contribution in [0.2, 0.25) is 0 Å². The molecule has 1 N–H and O–H groups in total. The molecule has 1 saturated heterocycles. The van der Waals surface area contributed by atoms with Crippen LogP contribution in [-0.2, 0) is 23.1 Å². The Morgan fingerprint density at radius 3 is 2.88 bits per heavy atom. The van der Waals surface area contributed by atoms with E-state index in [4.69, 9.17) is 14.6 Å². The number of hydrogen-bond acceptors (Lipinski definition) is 6. The quantitative estimate of drug-likeness (QED) is 0.562. The Bertz CT molecular complexity index is 1120. The van der Waals surface area contributed by atoms with Gasteiger partial charge in [0, 0.05) is 56.0 Å². The third-order valence-electron chi connectivity index (χ3n) is 5.88. The number of fused-ring (bicyclic) bond motifs is 1.